The van der Waals surface area contributed by atoms with Gasteiger partial charge in [-0.1, -0.05) is 60.7 Å². The summed E-state index contributed by atoms with van der Waals surface area (Å²) in [6, 6.07) is 38.7. The number of nitrogens with zero attached hydrogens (tertiary/aromatic N) is 4. The van der Waals surface area contributed by atoms with E-state index in [-0.39, 0.29) is 39.3 Å². The molecule has 0 saturated carbocycles. The van der Waals surface area contributed by atoms with Crippen molar-refractivity contribution in [3.05, 3.63) is 149 Å². The summed E-state index contributed by atoms with van der Waals surface area (Å²) in [5.41, 5.74) is 5.37. The van der Waals surface area contributed by atoms with Gasteiger partial charge in [0.2, 0.25) is 0 Å². The van der Waals surface area contributed by atoms with Crippen molar-refractivity contribution in [3.63, 3.8) is 0 Å². The van der Waals surface area contributed by atoms with Crippen LogP contribution < -0.4 is 44.3 Å². The smallest absolute Gasteiger partial charge is 0.744 e. The summed E-state index contributed by atoms with van der Waals surface area (Å²) in [5, 5.41) is 11.2. The second-order valence-corrected chi connectivity index (χ2v) is 15.7. The molecule has 0 amide bonds. The van der Waals surface area contributed by atoms with Gasteiger partial charge < -0.3 is 19.3 Å². The first-order valence-corrected chi connectivity index (χ1v) is 20.7. The first-order valence-electron chi connectivity index (χ1n) is 17.9. The molecular formula is C42H45N4NaO6S2. The SMILES string of the molecule is CCN(CC)c1ccc(C(C#N)(c2ccc(N(CC)Cc3cccc(S(=O)(=O)[O-])c3)cc2)c2ccc(N(CC)Cc3cccc(S(=O)(=O)O)c3)cc2)cc1.[Na+]. The van der Waals surface area contributed by atoms with Gasteiger partial charge in [0.05, 0.1) is 15.9 Å². The van der Waals surface area contributed by atoms with E-state index in [4.69, 9.17) is 0 Å². The molecule has 0 aliphatic rings. The Bertz CT molecular complexity index is 2180. The summed E-state index contributed by atoms with van der Waals surface area (Å²) < 4.78 is 68.0. The van der Waals surface area contributed by atoms with E-state index in [9.17, 15) is 31.2 Å². The number of nitriles is 1. The Labute approximate surface area is 347 Å². The van der Waals surface area contributed by atoms with Crippen molar-refractivity contribution in [3.8, 4) is 6.07 Å². The van der Waals surface area contributed by atoms with Gasteiger partial charge in [0, 0.05) is 56.3 Å². The summed E-state index contributed by atoms with van der Waals surface area (Å²) in [7, 11) is -8.92. The van der Waals surface area contributed by atoms with Crippen molar-refractivity contribution in [2.45, 2.75) is 56.0 Å². The number of hydrogen-bond donors (Lipinski definition) is 1. The second-order valence-electron chi connectivity index (χ2n) is 12.9. The van der Waals surface area contributed by atoms with E-state index in [1.54, 1.807) is 18.2 Å². The molecule has 0 heterocycles. The molecular weight excluding hydrogens is 744 g/mol. The quantitative estimate of drug-likeness (QED) is 0.0856. The van der Waals surface area contributed by atoms with E-state index in [1.807, 2.05) is 92.7 Å². The van der Waals surface area contributed by atoms with Crippen LogP contribution in [-0.4, -0.2) is 52.1 Å². The molecule has 5 rings (SSSR count). The van der Waals surface area contributed by atoms with Gasteiger partial charge in [0.15, 0.2) is 0 Å². The van der Waals surface area contributed by atoms with Gasteiger partial charge in [0.1, 0.15) is 15.5 Å². The van der Waals surface area contributed by atoms with E-state index in [0.717, 1.165) is 52.4 Å². The van der Waals surface area contributed by atoms with Crippen LogP contribution in [0.5, 0.6) is 0 Å². The Morgan fingerprint density at radius 3 is 1.25 bits per heavy atom. The zero-order valence-electron chi connectivity index (χ0n) is 31.9. The monoisotopic (exact) mass is 788 g/mol. The van der Waals surface area contributed by atoms with Crippen molar-refractivity contribution >= 4 is 37.3 Å². The molecule has 0 spiro atoms. The fourth-order valence-corrected chi connectivity index (χ4v) is 7.96. The van der Waals surface area contributed by atoms with Crippen molar-refractivity contribution < 1.29 is 55.5 Å². The Balaban J connectivity index is 0.00000673. The maximum atomic E-state index is 11.8. The van der Waals surface area contributed by atoms with Crippen LogP contribution in [0.15, 0.2) is 131 Å². The van der Waals surface area contributed by atoms with Gasteiger partial charge in [-0.25, -0.2) is 8.42 Å². The molecule has 1 atom stereocenters. The Morgan fingerprint density at radius 1 is 0.582 bits per heavy atom. The molecule has 5 aromatic carbocycles. The minimum Gasteiger partial charge on any atom is -0.744 e. The van der Waals surface area contributed by atoms with Gasteiger partial charge in [-0.05, 0) is 116 Å². The van der Waals surface area contributed by atoms with Crippen LogP contribution in [-0.2, 0) is 38.7 Å². The maximum Gasteiger partial charge on any atom is 1.00 e. The van der Waals surface area contributed by atoms with E-state index in [0.29, 0.717) is 31.7 Å². The fourth-order valence-electron chi connectivity index (χ4n) is 6.86. The molecule has 0 saturated heterocycles. The zero-order valence-corrected chi connectivity index (χ0v) is 35.5. The molecule has 13 heteroatoms. The number of rotatable bonds is 16. The van der Waals surface area contributed by atoms with Gasteiger partial charge in [-0.2, -0.15) is 13.7 Å². The van der Waals surface area contributed by atoms with Crippen LogP contribution in [0.3, 0.4) is 0 Å². The molecule has 0 aromatic heterocycles. The van der Waals surface area contributed by atoms with Gasteiger partial charge in [-0.15, -0.1) is 0 Å². The van der Waals surface area contributed by atoms with Crippen molar-refractivity contribution in [2.75, 3.05) is 40.9 Å². The molecule has 0 fully saturated rings. The first kappa shape index (κ1) is 43.5. The predicted octanol–water partition coefficient (Wildman–Crippen LogP) is 4.60. The van der Waals surface area contributed by atoms with Crippen molar-refractivity contribution in [2.24, 2.45) is 0 Å². The minimum absolute atomic E-state index is 0. The zero-order chi connectivity index (χ0) is 39.1. The molecule has 1 N–H and O–H groups in total. The normalized spacial score (nSPS) is 12.5. The van der Waals surface area contributed by atoms with Crippen molar-refractivity contribution in [1.29, 1.82) is 5.26 Å². The molecule has 1 unspecified atom stereocenters. The number of hydrogen-bond acceptors (Lipinski definition) is 9. The summed E-state index contributed by atoms with van der Waals surface area (Å²) in [5.74, 6) is 0. The van der Waals surface area contributed by atoms with Crippen LogP contribution in [0, 0.1) is 11.3 Å². The largest absolute Gasteiger partial charge is 1.00 e. The molecule has 0 bridgehead atoms. The topological polar surface area (TPSA) is 145 Å². The van der Waals surface area contributed by atoms with E-state index in [1.165, 1.54) is 24.3 Å². The second kappa shape index (κ2) is 18.6. The fraction of sp³-hybridized carbons (Fsp3) is 0.262. The maximum absolute atomic E-state index is 11.8. The van der Waals surface area contributed by atoms with E-state index in [2.05, 4.69) is 34.6 Å². The van der Waals surface area contributed by atoms with Crippen molar-refractivity contribution in [1.82, 2.24) is 0 Å². The van der Waals surface area contributed by atoms with Crippen LogP contribution in [0.4, 0.5) is 17.1 Å². The predicted molar refractivity (Wildman–Crippen MR) is 212 cm³/mol. The molecule has 0 aliphatic heterocycles. The average Bonchev–Trinajstić information content (AvgIpc) is 3.17. The van der Waals surface area contributed by atoms with E-state index >= 15 is 0 Å². The minimum atomic E-state index is -4.58. The van der Waals surface area contributed by atoms with Crippen LogP contribution in [0.2, 0.25) is 0 Å². The Hall–Kier alpha value is -4.19. The molecule has 282 valence electrons. The summed E-state index contributed by atoms with van der Waals surface area (Å²) in [6.45, 7) is 11.9. The Kier molecular flexibility index (Phi) is 14.7. The van der Waals surface area contributed by atoms with Crippen LogP contribution >= 0.6 is 0 Å². The van der Waals surface area contributed by atoms with Gasteiger partial charge >= 0.3 is 29.6 Å². The third-order valence-corrected chi connectivity index (χ3v) is 11.5. The van der Waals surface area contributed by atoms with Crippen LogP contribution in [0.1, 0.15) is 55.5 Å². The average molecular weight is 789 g/mol. The van der Waals surface area contributed by atoms with Gasteiger partial charge in [0.25, 0.3) is 10.1 Å². The summed E-state index contributed by atoms with van der Waals surface area (Å²) in [4.78, 5) is 5.96. The molecule has 5 aromatic rings. The third-order valence-electron chi connectivity index (χ3n) is 9.82. The molecule has 0 radical (unpaired) electrons. The number of anilines is 3. The molecule has 10 nitrogen and oxygen atoms in total. The van der Waals surface area contributed by atoms with Gasteiger partial charge in [-0.3, -0.25) is 4.55 Å². The summed E-state index contributed by atoms with van der Waals surface area (Å²) in [6.07, 6.45) is 0. The third kappa shape index (κ3) is 9.98. The molecule has 0 aliphatic carbocycles. The summed E-state index contributed by atoms with van der Waals surface area (Å²) >= 11 is 0. The molecule has 55 heavy (non-hydrogen) atoms. The van der Waals surface area contributed by atoms with E-state index < -0.39 is 25.7 Å². The number of benzene rings is 5. The standard InChI is InChI=1S/C42H46N4O6S2.Na/c1-5-44(6-2)37-21-15-34(16-22-37)42(31-43,35-17-23-38(24-18-35)45(7-3)29-32-11-9-13-40(27-32)53(47,48)49)36-19-25-39(26-20-36)46(8-4)30-33-12-10-14-41(28-33)54(50,51)52;/h9-28H,5-8,29-30H2,1-4H3,(H,47,48,49)(H,50,51,52);/q;+1/p-1. The van der Waals surface area contributed by atoms with Crippen LogP contribution in [0.25, 0.3) is 0 Å². The Morgan fingerprint density at radius 2 is 0.927 bits per heavy atom. The first-order chi connectivity index (χ1) is 25.8.